The average molecular weight is 233 g/mol. The molecule has 1 fully saturated rings. The van der Waals surface area contributed by atoms with Crippen LogP contribution in [0.1, 0.15) is 29.7 Å². The minimum absolute atomic E-state index is 0.0726. The molecule has 2 nitrogen and oxygen atoms in total. The van der Waals surface area contributed by atoms with Crippen LogP contribution in [0, 0.1) is 6.92 Å². The Morgan fingerprint density at radius 3 is 2.43 bits per heavy atom. The molecule has 1 aliphatic rings. The largest absolute Gasteiger partial charge is 0.481 e. The zero-order valence-electron chi connectivity index (χ0n) is 8.05. The van der Waals surface area contributed by atoms with Crippen LogP contribution in [0.15, 0.2) is 6.07 Å². The first-order valence-electron chi connectivity index (χ1n) is 4.56. The number of hydrogen-bond acceptors (Lipinski definition) is 2. The number of thiophene rings is 1. The van der Waals surface area contributed by atoms with Crippen LogP contribution in [0.4, 0.5) is 0 Å². The molecule has 1 heterocycles. The molecule has 1 aliphatic carbocycles. The SMILES string of the molecule is C1CC1.Cc1cc(Cl)sc1CC(=O)O. The zero-order valence-corrected chi connectivity index (χ0v) is 9.62. The summed E-state index contributed by atoms with van der Waals surface area (Å²) in [6.07, 6.45) is 4.57. The standard InChI is InChI=1S/C7H7ClO2S.C3H6/c1-4-2-6(8)11-5(4)3-7(9)10;1-2-3-1/h2H,3H2,1H3,(H,9,10);1-3H2. The second-order valence-electron chi connectivity index (χ2n) is 3.29. The summed E-state index contributed by atoms with van der Waals surface area (Å²) >= 11 is 7.00. The van der Waals surface area contributed by atoms with Gasteiger partial charge in [0, 0.05) is 4.88 Å². The lowest BCUT2D eigenvalue weighted by molar-refractivity contribution is -0.136. The van der Waals surface area contributed by atoms with E-state index in [0.29, 0.717) is 4.34 Å². The number of halogens is 1. The predicted octanol–water partition coefficient (Wildman–Crippen LogP) is 3.51. The first-order valence-corrected chi connectivity index (χ1v) is 5.75. The predicted molar refractivity (Wildman–Crippen MR) is 59.3 cm³/mol. The van der Waals surface area contributed by atoms with E-state index >= 15 is 0 Å². The van der Waals surface area contributed by atoms with Gasteiger partial charge in [-0.1, -0.05) is 30.9 Å². The molecule has 0 aliphatic heterocycles. The van der Waals surface area contributed by atoms with Gasteiger partial charge in [-0.2, -0.15) is 0 Å². The Labute approximate surface area is 92.5 Å². The highest BCUT2D eigenvalue weighted by Gasteiger charge is 2.07. The summed E-state index contributed by atoms with van der Waals surface area (Å²) in [6, 6.07) is 1.78. The van der Waals surface area contributed by atoms with Crippen molar-refractivity contribution in [2.75, 3.05) is 0 Å². The summed E-state index contributed by atoms with van der Waals surface area (Å²) in [7, 11) is 0. The topological polar surface area (TPSA) is 37.3 Å². The van der Waals surface area contributed by atoms with Crippen molar-refractivity contribution in [2.45, 2.75) is 32.6 Å². The minimum Gasteiger partial charge on any atom is -0.481 e. The van der Waals surface area contributed by atoms with Crippen LogP contribution in [0.25, 0.3) is 0 Å². The van der Waals surface area contributed by atoms with Gasteiger partial charge in [0.1, 0.15) is 0 Å². The van der Waals surface area contributed by atoms with E-state index < -0.39 is 5.97 Å². The van der Waals surface area contributed by atoms with E-state index in [0.717, 1.165) is 10.4 Å². The van der Waals surface area contributed by atoms with E-state index in [9.17, 15) is 4.79 Å². The number of carboxylic acids is 1. The van der Waals surface area contributed by atoms with Crippen molar-refractivity contribution in [1.82, 2.24) is 0 Å². The van der Waals surface area contributed by atoms with Gasteiger partial charge in [-0.3, -0.25) is 4.79 Å². The van der Waals surface area contributed by atoms with E-state index in [1.54, 1.807) is 6.07 Å². The molecule has 2 rings (SSSR count). The number of carboxylic acid groups (broad SMARTS) is 1. The van der Waals surface area contributed by atoms with Crippen molar-refractivity contribution in [3.05, 3.63) is 20.8 Å². The first-order chi connectivity index (χ1) is 6.59. The highest BCUT2D eigenvalue weighted by atomic mass is 35.5. The van der Waals surface area contributed by atoms with Gasteiger partial charge in [0.15, 0.2) is 0 Å². The molecule has 14 heavy (non-hydrogen) atoms. The van der Waals surface area contributed by atoms with Gasteiger partial charge in [0.2, 0.25) is 0 Å². The smallest absolute Gasteiger partial charge is 0.308 e. The van der Waals surface area contributed by atoms with Gasteiger partial charge >= 0.3 is 5.97 Å². The fraction of sp³-hybridized carbons (Fsp3) is 0.500. The summed E-state index contributed by atoms with van der Waals surface area (Å²) in [6.45, 7) is 1.86. The normalized spacial score (nSPS) is 13.0. The summed E-state index contributed by atoms with van der Waals surface area (Å²) in [4.78, 5) is 11.1. The number of aliphatic carboxylic acids is 1. The molecule has 0 aromatic carbocycles. The van der Waals surface area contributed by atoms with Crippen LogP contribution in [-0.2, 0) is 11.2 Å². The third kappa shape index (κ3) is 4.63. The molecule has 0 spiro atoms. The van der Waals surface area contributed by atoms with Gasteiger partial charge in [0.05, 0.1) is 10.8 Å². The Morgan fingerprint density at radius 2 is 2.14 bits per heavy atom. The Kier molecular flexibility index (Phi) is 4.42. The molecule has 0 saturated heterocycles. The number of rotatable bonds is 2. The van der Waals surface area contributed by atoms with Crippen LogP contribution >= 0.6 is 22.9 Å². The molecule has 1 saturated carbocycles. The second kappa shape index (κ2) is 5.37. The van der Waals surface area contributed by atoms with Crippen molar-refractivity contribution >= 4 is 28.9 Å². The van der Waals surface area contributed by atoms with E-state index in [1.165, 1.54) is 30.6 Å². The van der Waals surface area contributed by atoms with E-state index in [4.69, 9.17) is 16.7 Å². The number of aryl methyl sites for hydroxylation is 1. The van der Waals surface area contributed by atoms with Crippen LogP contribution in [-0.4, -0.2) is 11.1 Å². The lowest BCUT2D eigenvalue weighted by atomic mass is 10.2. The van der Waals surface area contributed by atoms with E-state index in [-0.39, 0.29) is 6.42 Å². The van der Waals surface area contributed by atoms with Crippen LogP contribution in [0.5, 0.6) is 0 Å². The number of carbonyl (C=O) groups is 1. The molecule has 0 radical (unpaired) electrons. The fourth-order valence-corrected chi connectivity index (χ4v) is 2.12. The van der Waals surface area contributed by atoms with Crippen molar-refractivity contribution in [3.63, 3.8) is 0 Å². The van der Waals surface area contributed by atoms with Gasteiger partial charge < -0.3 is 5.11 Å². The van der Waals surface area contributed by atoms with Crippen LogP contribution in [0.3, 0.4) is 0 Å². The van der Waals surface area contributed by atoms with Crippen molar-refractivity contribution < 1.29 is 9.90 Å². The average Bonchev–Trinajstić information content (AvgIpc) is 2.84. The van der Waals surface area contributed by atoms with E-state index in [1.807, 2.05) is 6.92 Å². The Balaban J connectivity index is 0.000000276. The van der Waals surface area contributed by atoms with Gasteiger partial charge in [-0.25, -0.2) is 0 Å². The lowest BCUT2D eigenvalue weighted by Gasteiger charge is -1.91. The molecule has 0 bridgehead atoms. The summed E-state index contributed by atoms with van der Waals surface area (Å²) in [5.74, 6) is -0.813. The Bertz CT molecular complexity index is 315. The molecule has 1 N–H and O–H groups in total. The monoisotopic (exact) mass is 232 g/mol. The molecule has 78 valence electrons. The highest BCUT2D eigenvalue weighted by molar-refractivity contribution is 7.16. The minimum atomic E-state index is -0.813. The maximum atomic E-state index is 10.3. The molecular weight excluding hydrogens is 220 g/mol. The Hall–Kier alpha value is -0.540. The molecule has 0 atom stereocenters. The molecule has 1 aromatic heterocycles. The number of hydrogen-bond donors (Lipinski definition) is 1. The first kappa shape index (κ1) is 11.5. The second-order valence-corrected chi connectivity index (χ2v) is 5.06. The zero-order chi connectivity index (χ0) is 10.6. The summed E-state index contributed by atoms with van der Waals surface area (Å²) in [5, 5.41) is 8.46. The van der Waals surface area contributed by atoms with Crippen molar-refractivity contribution in [2.24, 2.45) is 0 Å². The van der Waals surface area contributed by atoms with Crippen LogP contribution in [0.2, 0.25) is 4.34 Å². The van der Waals surface area contributed by atoms with Gasteiger partial charge in [-0.15, -0.1) is 11.3 Å². The summed E-state index contributed by atoms with van der Waals surface area (Å²) < 4.78 is 0.652. The Morgan fingerprint density at radius 1 is 1.57 bits per heavy atom. The fourth-order valence-electron chi connectivity index (χ4n) is 0.791. The molecule has 0 amide bonds. The van der Waals surface area contributed by atoms with Crippen molar-refractivity contribution in [1.29, 1.82) is 0 Å². The highest BCUT2D eigenvalue weighted by Crippen LogP contribution is 2.26. The maximum absolute atomic E-state index is 10.3. The molecule has 0 unspecified atom stereocenters. The molecule has 1 aromatic rings. The maximum Gasteiger partial charge on any atom is 0.308 e. The molecule has 4 heteroatoms. The quantitative estimate of drug-likeness (QED) is 0.847. The summed E-state index contributed by atoms with van der Waals surface area (Å²) in [5.41, 5.74) is 0.961. The third-order valence-electron chi connectivity index (χ3n) is 1.66. The van der Waals surface area contributed by atoms with Crippen molar-refractivity contribution in [3.8, 4) is 0 Å². The molecular formula is C10H13ClO2S. The van der Waals surface area contributed by atoms with Crippen LogP contribution < -0.4 is 0 Å². The third-order valence-corrected chi connectivity index (χ3v) is 3.02. The van der Waals surface area contributed by atoms with E-state index in [2.05, 4.69) is 0 Å². The van der Waals surface area contributed by atoms with Gasteiger partial charge in [-0.05, 0) is 18.6 Å². The lowest BCUT2D eigenvalue weighted by Crippen LogP contribution is -1.98. The van der Waals surface area contributed by atoms with Gasteiger partial charge in [0.25, 0.3) is 0 Å².